The highest BCUT2D eigenvalue weighted by molar-refractivity contribution is 5.86. The summed E-state index contributed by atoms with van der Waals surface area (Å²) in [5.74, 6) is -3.73. The molecule has 2 saturated carbocycles. The molecule has 2 aliphatic rings. The number of amides is 1. The van der Waals surface area contributed by atoms with Crippen LogP contribution >= 0.6 is 0 Å². The van der Waals surface area contributed by atoms with Crippen molar-refractivity contribution >= 4 is 11.9 Å². The number of rotatable bonds is 3. The summed E-state index contributed by atoms with van der Waals surface area (Å²) in [6.45, 7) is 0. The lowest BCUT2D eigenvalue weighted by Gasteiger charge is -2.35. The standard InChI is InChI=1S/C13H18F3NO3/c14-13(15,16)7-1-3-8(4-2-7)17-11(18)9-5-6-10(9)12(19)20/h7-10H,1-6H2,(H,17,18)(H,19,20). The number of alkyl halides is 3. The molecule has 0 aromatic heterocycles. The molecule has 7 heteroatoms. The van der Waals surface area contributed by atoms with Crippen LogP contribution in [0.2, 0.25) is 0 Å². The smallest absolute Gasteiger partial charge is 0.391 e. The minimum absolute atomic E-state index is 0.0292. The number of nitrogens with one attached hydrogen (secondary N) is 1. The molecular formula is C13H18F3NO3. The summed E-state index contributed by atoms with van der Waals surface area (Å²) in [6, 6.07) is -0.254. The van der Waals surface area contributed by atoms with Crippen molar-refractivity contribution in [2.24, 2.45) is 17.8 Å². The van der Waals surface area contributed by atoms with Gasteiger partial charge in [0.15, 0.2) is 0 Å². The van der Waals surface area contributed by atoms with Crippen LogP contribution in [0, 0.1) is 17.8 Å². The number of hydrogen-bond donors (Lipinski definition) is 2. The number of carbonyl (C=O) groups excluding carboxylic acids is 1. The van der Waals surface area contributed by atoms with Crippen molar-refractivity contribution in [1.29, 1.82) is 0 Å². The summed E-state index contributed by atoms with van der Waals surface area (Å²) in [5, 5.41) is 11.6. The average molecular weight is 293 g/mol. The van der Waals surface area contributed by atoms with Gasteiger partial charge in [-0.3, -0.25) is 9.59 Å². The van der Waals surface area contributed by atoms with Gasteiger partial charge in [-0.2, -0.15) is 13.2 Å². The lowest BCUT2D eigenvalue weighted by Crippen LogP contribution is -2.48. The first-order chi connectivity index (χ1) is 9.29. The second-order valence-corrected chi connectivity index (χ2v) is 5.73. The van der Waals surface area contributed by atoms with Crippen molar-refractivity contribution in [3.05, 3.63) is 0 Å². The fourth-order valence-electron chi connectivity index (χ4n) is 2.98. The molecule has 0 saturated heterocycles. The van der Waals surface area contributed by atoms with E-state index >= 15 is 0 Å². The quantitative estimate of drug-likeness (QED) is 0.839. The summed E-state index contributed by atoms with van der Waals surface area (Å²) in [6.07, 6.45) is -2.45. The van der Waals surface area contributed by atoms with E-state index in [4.69, 9.17) is 5.11 Å². The van der Waals surface area contributed by atoms with Gasteiger partial charge in [0.05, 0.1) is 17.8 Å². The lowest BCUT2D eigenvalue weighted by atomic mass is 9.73. The fourth-order valence-corrected chi connectivity index (χ4v) is 2.98. The molecule has 2 rings (SSSR count). The third-order valence-electron chi connectivity index (χ3n) is 4.46. The molecule has 0 aromatic carbocycles. The summed E-state index contributed by atoms with van der Waals surface area (Å²) < 4.78 is 37.5. The Morgan fingerprint density at radius 2 is 1.50 bits per heavy atom. The van der Waals surface area contributed by atoms with Gasteiger partial charge in [-0.15, -0.1) is 0 Å². The topological polar surface area (TPSA) is 66.4 Å². The zero-order chi connectivity index (χ0) is 14.9. The second-order valence-electron chi connectivity index (χ2n) is 5.73. The maximum atomic E-state index is 12.5. The van der Waals surface area contributed by atoms with Crippen molar-refractivity contribution in [1.82, 2.24) is 5.32 Å². The number of aliphatic carboxylic acids is 1. The van der Waals surface area contributed by atoms with Gasteiger partial charge in [0.25, 0.3) is 0 Å². The first kappa shape index (κ1) is 15.1. The Hall–Kier alpha value is -1.27. The maximum absolute atomic E-state index is 12.5. The fraction of sp³-hybridized carbons (Fsp3) is 0.846. The number of carboxylic acid groups (broad SMARTS) is 1. The van der Waals surface area contributed by atoms with Crippen LogP contribution in [0.15, 0.2) is 0 Å². The lowest BCUT2D eigenvalue weighted by molar-refractivity contribution is -0.183. The summed E-state index contributed by atoms with van der Waals surface area (Å²) in [7, 11) is 0. The Labute approximate surface area is 114 Å². The molecule has 2 atom stereocenters. The van der Waals surface area contributed by atoms with Crippen LogP contribution in [0.1, 0.15) is 38.5 Å². The van der Waals surface area contributed by atoms with Gasteiger partial charge in [-0.1, -0.05) is 0 Å². The third-order valence-corrected chi connectivity index (χ3v) is 4.46. The van der Waals surface area contributed by atoms with Gasteiger partial charge in [-0.25, -0.2) is 0 Å². The highest BCUT2D eigenvalue weighted by atomic mass is 19.4. The van der Waals surface area contributed by atoms with E-state index in [-0.39, 0.29) is 24.8 Å². The molecule has 0 heterocycles. The Balaban J connectivity index is 1.78. The predicted molar refractivity (Wildman–Crippen MR) is 63.8 cm³/mol. The van der Waals surface area contributed by atoms with Crippen LogP contribution in [0.3, 0.4) is 0 Å². The van der Waals surface area contributed by atoms with E-state index in [2.05, 4.69) is 5.32 Å². The molecular weight excluding hydrogens is 275 g/mol. The Kier molecular flexibility index (Phi) is 4.25. The molecule has 2 N–H and O–H groups in total. The van der Waals surface area contributed by atoms with Gasteiger partial charge in [0.1, 0.15) is 0 Å². The molecule has 114 valence electrons. The molecule has 20 heavy (non-hydrogen) atoms. The summed E-state index contributed by atoms with van der Waals surface area (Å²) in [5.41, 5.74) is 0. The molecule has 2 unspecified atom stereocenters. The van der Waals surface area contributed by atoms with Crippen molar-refractivity contribution in [3.8, 4) is 0 Å². The Morgan fingerprint density at radius 3 is 1.90 bits per heavy atom. The van der Waals surface area contributed by atoms with Gasteiger partial charge in [0, 0.05) is 6.04 Å². The van der Waals surface area contributed by atoms with Crippen LogP contribution in [-0.2, 0) is 9.59 Å². The maximum Gasteiger partial charge on any atom is 0.391 e. The average Bonchev–Trinajstić information content (AvgIpc) is 2.25. The van der Waals surface area contributed by atoms with Crippen molar-refractivity contribution in [3.63, 3.8) is 0 Å². The van der Waals surface area contributed by atoms with Crippen LogP contribution in [0.4, 0.5) is 13.2 Å². The van der Waals surface area contributed by atoms with E-state index in [9.17, 15) is 22.8 Å². The van der Waals surface area contributed by atoms with Crippen molar-refractivity contribution < 1.29 is 27.9 Å². The molecule has 0 aromatic rings. The number of halogens is 3. The minimum Gasteiger partial charge on any atom is -0.481 e. The third kappa shape index (κ3) is 3.24. The normalized spacial score (nSPS) is 34.1. The summed E-state index contributed by atoms with van der Waals surface area (Å²) >= 11 is 0. The molecule has 0 spiro atoms. The van der Waals surface area contributed by atoms with Gasteiger partial charge >= 0.3 is 12.1 Å². The predicted octanol–water partition coefficient (Wildman–Crippen LogP) is 2.33. The van der Waals surface area contributed by atoms with E-state index in [1.807, 2.05) is 0 Å². The molecule has 0 bridgehead atoms. The number of carbonyl (C=O) groups is 2. The van der Waals surface area contributed by atoms with Gasteiger partial charge in [0.2, 0.25) is 5.91 Å². The van der Waals surface area contributed by atoms with E-state index in [0.717, 1.165) is 0 Å². The van der Waals surface area contributed by atoms with Gasteiger partial charge < -0.3 is 10.4 Å². The number of carboxylic acids is 1. The Morgan fingerprint density at radius 1 is 0.950 bits per heavy atom. The largest absolute Gasteiger partial charge is 0.481 e. The van der Waals surface area contributed by atoms with E-state index in [1.54, 1.807) is 0 Å². The number of hydrogen-bond acceptors (Lipinski definition) is 2. The highest BCUT2D eigenvalue weighted by Crippen LogP contribution is 2.38. The zero-order valence-corrected chi connectivity index (χ0v) is 10.9. The van der Waals surface area contributed by atoms with E-state index in [1.165, 1.54) is 0 Å². The van der Waals surface area contributed by atoms with Crippen LogP contribution in [0.25, 0.3) is 0 Å². The summed E-state index contributed by atoms with van der Waals surface area (Å²) in [4.78, 5) is 22.7. The van der Waals surface area contributed by atoms with Crippen molar-refractivity contribution in [2.45, 2.75) is 50.7 Å². The zero-order valence-electron chi connectivity index (χ0n) is 10.9. The molecule has 2 aliphatic carbocycles. The van der Waals surface area contributed by atoms with Crippen LogP contribution in [0.5, 0.6) is 0 Å². The molecule has 0 radical (unpaired) electrons. The Bertz CT molecular complexity index is 389. The van der Waals surface area contributed by atoms with Crippen molar-refractivity contribution in [2.75, 3.05) is 0 Å². The first-order valence-electron chi connectivity index (χ1n) is 6.89. The van der Waals surface area contributed by atoms with Crippen LogP contribution in [-0.4, -0.2) is 29.2 Å². The molecule has 0 aliphatic heterocycles. The van der Waals surface area contributed by atoms with E-state index in [0.29, 0.717) is 25.7 Å². The molecule has 4 nitrogen and oxygen atoms in total. The highest BCUT2D eigenvalue weighted by Gasteiger charge is 2.44. The molecule has 1 amide bonds. The van der Waals surface area contributed by atoms with Gasteiger partial charge in [-0.05, 0) is 38.5 Å². The SMILES string of the molecule is O=C(O)C1CCC1C(=O)NC1CCC(C(F)(F)F)CC1. The minimum atomic E-state index is -4.16. The second kappa shape index (κ2) is 5.61. The van der Waals surface area contributed by atoms with Crippen LogP contribution < -0.4 is 5.32 Å². The monoisotopic (exact) mass is 293 g/mol. The van der Waals surface area contributed by atoms with E-state index < -0.39 is 29.9 Å². The molecule has 2 fully saturated rings. The first-order valence-corrected chi connectivity index (χ1v) is 6.89.